The van der Waals surface area contributed by atoms with Crippen molar-refractivity contribution in [2.24, 2.45) is 5.92 Å². The molecule has 1 saturated heterocycles. The van der Waals surface area contributed by atoms with Crippen LogP contribution >= 0.6 is 0 Å². The van der Waals surface area contributed by atoms with Gasteiger partial charge in [0.1, 0.15) is 0 Å². The van der Waals surface area contributed by atoms with Crippen molar-refractivity contribution in [3.8, 4) is 0 Å². The zero-order valence-corrected chi connectivity index (χ0v) is 15.8. The Kier molecular flexibility index (Phi) is 6.60. The maximum absolute atomic E-state index is 12.5. The molecule has 3 rings (SSSR count). The van der Waals surface area contributed by atoms with Crippen molar-refractivity contribution >= 4 is 17.5 Å². The van der Waals surface area contributed by atoms with E-state index < -0.39 is 0 Å². The van der Waals surface area contributed by atoms with E-state index in [-0.39, 0.29) is 17.7 Å². The summed E-state index contributed by atoms with van der Waals surface area (Å²) in [7, 11) is 0. The molecule has 1 heterocycles. The minimum absolute atomic E-state index is 0.000285. The molecule has 142 valence electrons. The van der Waals surface area contributed by atoms with Gasteiger partial charge in [-0.25, -0.2) is 0 Å². The van der Waals surface area contributed by atoms with Crippen molar-refractivity contribution in [1.29, 1.82) is 0 Å². The second-order valence-electron chi connectivity index (χ2n) is 7.19. The molecule has 27 heavy (non-hydrogen) atoms. The molecule has 1 aliphatic rings. The third-order valence-corrected chi connectivity index (χ3v) is 4.90. The number of likely N-dealkylation sites (tertiary alicyclic amines) is 1. The second kappa shape index (κ2) is 9.33. The molecule has 5 nitrogen and oxygen atoms in total. The Bertz CT molecular complexity index is 759. The summed E-state index contributed by atoms with van der Waals surface area (Å²) in [6, 6.07) is 17.6. The van der Waals surface area contributed by atoms with E-state index in [9.17, 15) is 9.59 Å². The lowest BCUT2D eigenvalue weighted by Crippen LogP contribution is -2.45. The quantitative estimate of drug-likeness (QED) is 0.827. The summed E-state index contributed by atoms with van der Waals surface area (Å²) in [6.45, 7) is 4.39. The third kappa shape index (κ3) is 5.93. The third-order valence-electron chi connectivity index (χ3n) is 4.90. The van der Waals surface area contributed by atoms with Gasteiger partial charge in [-0.2, -0.15) is 0 Å². The van der Waals surface area contributed by atoms with Crippen LogP contribution in [-0.2, 0) is 16.1 Å². The fourth-order valence-electron chi connectivity index (χ4n) is 3.34. The minimum atomic E-state index is -0.0798. The van der Waals surface area contributed by atoms with Gasteiger partial charge in [-0.3, -0.25) is 14.5 Å². The van der Waals surface area contributed by atoms with E-state index in [4.69, 9.17) is 0 Å². The maximum atomic E-state index is 12.5. The van der Waals surface area contributed by atoms with Gasteiger partial charge >= 0.3 is 0 Å². The summed E-state index contributed by atoms with van der Waals surface area (Å²) in [6.07, 6.45) is 1.79. The highest BCUT2D eigenvalue weighted by molar-refractivity contribution is 5.92. The summed E-state index contributed by atoms with van der Waals surface area (Å²) < 4.78 is 0. The van der Waals surface area contributed by atoms with Crippen LogP contribution in [0, 0.1) is 12.8 Å². The van der Waals surface area contributed by atoms with Crippen LogP contribution in [0.3, 0.4) is 0 Å². The average molecular weight is 365 g/mol. The van der Waals surface area contributed by atoms with Gasteiger partial charge < -0.3 is 10.6 Å². The molecule has 1 aliphatic heterocycles. The van der Waals surface area contributed by atoms with Crippen molar-refractivity contribution in [3.05, 3.63) is 65.7 Å². The van der Waals surface area contributed by atoms with Gasteiger partial charge in [0.2, 0.25) is 11.8 Å². The standard InChI is InChI=1S/C22H27N3O2/c1-17-9-11-18(12-10-17)14-23-21(26)16-25-13-5-6-19(15-25)22(27)24-20-7-3-2-4-8-20/h2-4,7-12,19H,5-6,13-16H2,1H3,(H,23,26)(H,24,27)/t19-/m1/s1. The maximum Gasteiger partial charge on any atom is 0.234 e. The van der Waals surface area contributed by atoms with Crippen LogP contribution in [0.5, 0.6) is 0 Å². The van der Waals surface area contributed by atoms with Crippen LogP contribution in [-0.4, -0.2) is 36.3 Å². The fraction of sp³-hybridized carbons (Fsp3) is 0.364. The van der Waals surface area contributed by atoms with Crippen LogP contribution < -0.4 is 10.6 Å². The molecular weight excluding hydrogens is 338 g/mol. The molecule has 2 amide bonds. The highest BCUT2D eigenvalue weighted by atomic mass is 16.2. The molecule has 0 saturated carbocycles. The first kappa shape index (κ1) is 19.1. The molecule has 2 N–H and O–H groups in total. The molecular formula is C22H27N3O2. The normalized spacial score (nSPS) is 17.3. The van der Waals surface area contributed by atoms with Crippen molar-refractivity contribution in [2.75, 3.05) is 25.0 Å². The Morgan fingerprint density at radius 3 is 2.56 bits per heavy atom. The molecule has 0 radical (unpaired) electrons. The molecule has 0 aromatic heterocycles. The number of hydrogen-bond acceptors (Lipinski definition) is 3. The molecule has 0 bridgehead atoms. The number of carbonyl (C=O) groups is 2. The number of aryl methyl sites for hydroxylation is 1. The van der Waals surface area contributed by atoms with E-state index in [1.807, 2.05) is 61.5 Å². The average Bonchev–Trinajstić information content (AvgIpc) is 2.68. The van der Waals surface area contributed by atoms with Crippen molar-refractivity contribution in [2.45, 2.75) is 26.3 Å². The summed E-state index contributed by atoms with van der Waals surface area (Å²) in [4.78, 5) is 26.8. The topological polar surface area (TPSA) is 61.4 Å². The number of amides is 2. The van der Waals surface area contributed by atoms with E-state index in [0.29, 0.717) is 19.6 Å². The molecule has 0 aliphatic carbocycles. The van der Waals surface area contributed by atoms with Crippen LogP contribution in [0.4, 0.5) is 5.69 Å². The van der Waals surface area contributed by atoms with Crippen molar-refractivity contribution in [3.63, 3.8) is 0 Å². The molecule has 0 spiro atoms. The smallest absolute Gasteiger partial charge is 0.234 e. The number of hydrogen-bond donors (Lipinski definition) is 2. The van der Waals surface area contributed by atoms with E-state index in [1.54, 1.807) is 0 Å². The number of carbonyl (C=O) groups excluding carboxylic acids is 2. The predicted octanol–water partition coefficient (Wildman–Crippen LogP) is 2.96. The van der Waals surface area contributed by atoms with E-state index in [1.165, 1.54) is 5.56 Å². The van der Waals surface area contributed by atoms with Gasteiger partial charge in [-0.05, 0) is 44.0 Å². The Morgan fingerprint density at radius 2 is 1.81 bits per heavy atom. The lowest BCUT2D eigenvalue weighted by Gasteiger charge is -2.31. The number of rotatable bonds is 6. The molecule has 0 unspecified atom stereocenters. The molecule has 5 heteroatoms. The number of benzene rings is 2. The molecule has 1 atom stereocenters. The van der Waals surface area contributed by atoms with Crippen molar-refractivity contribution in [1.82, 2.24) is 10.2 Å². The van der Waals surface area contributed by atoms with Gasteiger partial charge in [0.05, 0.1) is 12.5 Å². The van der Waals surface area contributed by atoms with Gasteiger partial charge in [-0.1, -0.05) is 48.0 Å². The lowest BCUT2D eigenvalue weighted by molar-refractivity contribution is -0.125. The summed E-state index contributed by atoms with van der Waals surface area (Å²) >= 11 is 0. The van der Waals surface area contributed by atoms with E-state index in [0.717, 1.165) is 30.6 Å². The lowest BCUT2D eigenvalue weighted by atomic mass is 9.97. The summed E-state index contributed by atoms with van der Waals surface area (Å²) in [5.74, 6) is -0.0467. The highest BCUT2D eigenvalue weighted by Gasteiger charge is 2.26. The van der Waals surface area contributed by atoms with Crippen LogP contribution in [0.25, 0.3) is 0 Å². The Hall–Kier alpha value is -2.66. The van der Waals surface area contributed by atoms with Gasteiger partial charge in [-0.15, -0.1) is 0 Å². The predicted molar refractivity (Wildman–Crippen MR) is 107 cm³/mol. The Balaban J connectivity index is 1.45. The Morgan fingerprint density at radius 1 is 1.07 bits per heavy atom. The first-order chi connectivity index (χ1) is 13.1. The van der Waals surface area contributed by atoms with Crippen LogP contribution in [0.1, 0.15) is 24.0 Å². The second-order valence-corrected chi connectivity index (χ2v) is 7.19. The van der Waals surface area contributed by atoms with Crippen LogP contribution in [0.2, 0.25) is 0 Å². The zero-order chi connectivity index (χ0) is 19.1. The first-order valence-electron chi connectivity index (χ1n) is 9.50. The fourth-order valence-corrected chi connectivity index (χ4v) is 3.34. The van der Waals surface area contributed by atoms with E-state index in [2.05, 4.69) is 15.5 Å². The number of nitrogens with one attached hydrogen (secondary N) is 2. The number of anilines is 1. The van der Waals surface area contributed by atoms with Crippen molar-refractivity contribution < 1.29 is 9.59 Å². The highest BCUT2D eigenvalue weighted by Crippen LogP contribution is 2.18. The van der Waals surface area contributed by atoms with Crippen LogP contribution in [0.15, 0.2) is 54.6 Å². The minimum Gasteiger partial charge on any atom is -0.351 e. The molecule has 2 aromatic rings. The van der Waals surface area contributed by atoms with Gasteiger partial charge in [0.25, 0.3) is 0 Å². The number of nitrogens with zero attached hydrogens (tertiary/aromatic N) is 1. The SMILES string of the molecule is Cc1ccc(CNC(=O)CN2CCC[C@@H](C(=O)Nc3ccccc3)C2)cc1. The van der Waals surface area contributed by atoms with E-state index >= 15 is 0 Å². The Labute approximate surface area is 160 Å². The largest absolute Gasteiger partial charge is 0.351 e. The van der Waals surface area contributed by atoms with Gasteiger partial charge in [0.15, 0.2) is 0 Å². The first-order valence-corrected chi connectivity index (χ1v) is 9.50. The molecule has 1 fully saturated rings. The summed E-state index contributed by atoms with van der Waals surface area (Å²) in [5, 5.41) is 5.94. The summed E-state index contributed by atoms with van der Waals surface area (Å²) in [5.41, 5.74) is 3.11. The number of para-hydroxylation sites is 1. The van der Waals surface area contributed by atoms with Gasteiger partial charge in [0, 0.05) is 18.8 Å². The monoisotopic (exact) mass is 365 g/mol. The molecule has 2 aromatic carbocycles. The zero-order valence-electron chi connectivity index (χ0n) is 15.8. The number of piperidine rings is 1.